The van der Waals surface area contributed by atoms with E-state index in [0.29, 0.717) is 0 Å². The first-order valence-electron chi connectivity index (χ1n) is 13.4. The Kier molecular flexibility index (Phi) is 9.17. The van der Waals surface area contributed by atoms with E-state index < -0.39 is 92.6 Å². The van der Waals surface area contributed by atoms with Gasteiger partial charge in [0.25, 0.3) is 0 Å². The molecule has 0 radical (unpaired) electrons. The summed E-state index contributed by atoms with van der Waals surface area (Å²) in [6.45, 7) is -1.36. The van der Waals surface area contributed by atoms with E-state index in [2.05, 4.69) is 0 Å². The Labute approximate surface area is 243 Å². The summed E-state index contributed by atoms with van der Waals surface area (Å²) in [5, 5.41) is 111. The summed E-state index contributed by atoms with van der Waals surface area (Å²) in [7, 11) is 0. The fourth-order valence-corrected chi connectivity index (χ4v) is 5.20. The molecule has 2 aromatic rings. The highest BCUT2D eigenvalue weighted by Gasteiger charge is 2.46. The maximum absolute atomic E-state index is 10.9. The summed E-state index contributed by atoms with van der Waals surface area (Å²) in [5.74, 6) is -0.982. The largest absolute Gasteiger partial charge is 0.507 e. The quantitative estimate of drug-likeness (QED) is 0.144. The highest BCUT2D eigenvalue weighted by Crippen LogP contribution is 2.44. The molecular formula is C27H34O16. The number of phenolic OH excluding ortho intramolecular Hbond substituents is 2. The first-order chi connectivity index (χ1) is 20.4. The van der Waals surface area contributed by atoms with Gasteiger partial charge >= 0.3 is 0 Å². The zero-order valence-electron chi connectivity index (χ0n) is 22.4. The highest BCUT2D eigenvalue weighted by atomic mass is 16.7. The third-order valence-electron chi connectivity index (χ3n) is 7.68. The van der Waals surface area contributed by atoms with Crippen LogP contribution in [0.5, 0.6) is 28.7 Å². The van der Waals surface area contributed by atoms with E-state index in [-0.39, 0.29) is 40.5 Å². The zero-order valence-corrected chi connectivity index (χ0v) is 22.4. The van der Waals surface area contributed by atoms with E-state index in [9.17, 15) is 56.2 Å². The second-order valence-electron chi connectivity index (χ2n) is 10.6. The van der Waals surface area contributed by atoms with Gasteiger partial charge in [0.15, 0.2) is 11.5 Å². The van der Waals surface area contributed by atoms with Crippen LogP contribution in [0.25, 0.3) is 0 Å². The van der Waals surface area contributed by atoms with E-state index in [0.717, 1.165) is 0 Å². The summed E-state index contributed by atoms with van der Waals surface area (Å²) in [4.78, 5) is 0. The summed E-state index contributed by atoms with van der Waals surface area (Å²) >= 11 is 0. The average molecular weight is 615 g/mol. The minimum Gasteiger partial charge on any atom is -0.507 e. The fourth-order valence-electron chi connectivity index (χ4n) is 5.20. The average Bonchev–Trinajstić information content (AvgIpc) is 2.99. The van der Waals surface area contributed by atoms with Gasteiger partial charge in [-0.2, -0.15) is 0 Å². The molecule has 0 aromatic heterocycles. The van der Waals surface area contributed by atoms with Crippen molar-refractivity contribution in [2.45, 2.75) is 80.0 Å². The number of hydrogen-bond acceptors (Lipinski definition) is 16. The molecule has 238 valence electrons. The highest BCUT2D eigenvalue weighted by molar-refractivity contribution is 5.52. The smallest absolute Gasteiger partial charge is 0.229 e. The Balaban J connectivity index is 1.36. The molecule has 11 N–H and O–H groups in total. The number of phenols is 2. The molecule has 0 aliphatic carbocycles. The zero-order chi connectivity index (χ0) is 31.2. The number of benzene rings is 2. The maximum atomic E-state index is 10.9. The molecule has 2 aromatic carbocycles. The topological polar surface area (TPSA) is 269 Å². The van der Waals surface area contributed by atoms with Crippen molar-refractivity contribution in [1.29, 1.82) is 0 Å². The second kappa shape index (κ2) is 12.5. The van der Waals surface area contributed by atoms with Gasteiger partial charge in [0.1, 0.15) is 72.2 Å². The molecule has 3 aliphatic rings. The normalized spacial score (nSPS) is 37.7. The molecule has 16 nitrogen and oxygen atoms in total. The van der Waals surface area contributed by atoms with Crippen molar-refractivity contribution >= 4 is 0 Å². The number of ether oxygens (including phenoxy) is 5. The number of fused-ring (bicyclic) bond motifs is 1. The third kappa shape index (κ3) is 6.04. The second-order valence-corrected chi connectivity index (χ2v) is 10.6. The summed E-state index contributed by atoms with van der Waals surface area (Å²) in [5.41, 5.74) is 0.497. The first kappa shape index (κ1) is 31.4. The van der Waals surface area contributed by atoms with E-state index in [4.69, 9.17) is 23.7 Å². The molecule has 0 amide bonds. The molecule has 2 fully saturated rings. The van der Waals surface area contributed by atoms with Crippen LogP contribution in [0.2, 0.25) is 0 Å². The number of aromatic hydroxyl groups is 2. The standard InChI is InChI=1S/C27H34O16/c28-7-17-19(33)21(35)23(37)26(42-17)39-10-4-13(31)11-6-14(32)25(40-15(11)5-10)9-1-2-12(30)16(3-9)41-27-24(38)22(36)20(34)18(8-29)43-27/h1-5,14,17-38H,6-8H2. The van der Waals surface area contributed by atoms with Crippen molar-refractivity contribution in [2.24, 2.45) is 0 Å². The van der Waals surface area contributed by atoms with Crippen LogP contribution in [-0.4, -0.2) is 137 Å². The third-order valence-corrected chi connectivity index (χ3v) is 7.68. The monoisotopic (exact) mass is 614 g/mol. The molecule has 43 heavy (non-hydrogen) atoms. The van der Waals surface area contributed by atoms with E-state index in [1.165, 1.54) is 30.3 Å². The van der Waals surface area contributed by atoms with Crippen molar-refractivity contribution in [1.82, 2.24) is 0 Å². The predicted octanol–water partition coefficient (Wildman–Crippen LogP) is -3.51. The lowest BCUT2D eigenvalue weighted by Crippen LogP contribution is -2.60. The number of rotatable bonds is 7. The van der Waals surface area contributed by atoms with Crippen LogP contribution < -0.4 is 14.2 Å². The van der Waals surface area contributed by atoms with Crippen LogP contribution in [0.1, 0.15) is 17.2 Å². The summed E-state index contributed by atoms with van der Waals surface area (Å²) in [6, 6.07) is 6.42. The molecule has 3 heterocycles. The van der Waals surface area contributed by atoms with Gasteiger partial charge in [-0.1, -0.05) is 6.07 Å². The Morgan fingerprint density at radius 3 is 1.84 bits per heavy atom. The van der Waals surface area contributed by atoms with Gasteiger partial charge in [-0.05, 0) is 17.7 Å². The van der Waals surface area contributed by atoms with Crippen molar-refractivity contribution < 1.29 is 79.9 Å². The fraction of sp³-hybridized carbons (Fsp3) is 0.556. The lowest BCUT2D eigenvalue weighted by molar-refractivity contribution is -0.277. The minimum atomic E-state index is -1.74. The number of hydrogen-bond donors (Lipinski definition) is 11. The lowest BCUT2D eigenvalue weighted by atomic mass is 9.93. The Hall–Kier alpha value is -3.00. The molecule has 3 aliphatic heterocycles. The number of aliphatic hydroxyl groups is 9. The van der Waals surface area contributed by atoms with Crippen molar-refractivity contribution in [3.8, 4) is 28.7 Å². The predicted molar refractivity (Wildman–Crippen MR) is 138 cm³/mol. The Morgan fingerprint density at radius 1 is 0.674 bits per heavy atom. The van der Waals surface area contributed by atoms with Gasteiger partial charge in [-0.3, -0.25) is 0 Å². The molecule has 0 spiro atoms. The van der Waals surface area contributed by atoms with Gasteiger partial charge in [0, 0.05) is 24.1 Å². The van der Waals surface area contributed by atoms with E-state index in [1.54, 1.807) is 0 Å². The summed E-state index contributed by atoms with van der Waals surface area (Å²) in [6.07, 6.45) is -18.0. The van der Waals surface area contributed by atoms with Gasteiger partial charge in [-0.15, -0.1) is 0 Å². The van der Waals surface area contributed by atoms with Gasteiger partial charge in [0.05, 0.1) is 19.3 Å². The molecule has 2 saturated heterocycles. The molecule has 0 bridgehead atoms. The van der Waals surface area contributed by atoms with Crippen molar-refractivity contribution in [3.63, 3.8) is 0 Å². The minimum absolute atomic E-state index is 0.0689. The Morgan fingerprint density at radius 2 is 1.26 bits per heavy atom. The van der Waals surface area contributed by atoms with Crippen LogP contribution in [-0.2, 0) is 15.9 Å². The van der Waals surface area contributed by atoms with Crippen LogP contribution in [0.3, 0.4) is 0 Å². The van der Waals surface area contributed by atoms with Crippen LogP contribution in [0.4, 0.5) is 0 Å². The van der Waals surface area contributed by atoms with Crippen molar-refractivity contribution in [3.05, 3.63) is 41.5 Å². The molecule has 12 unspecified atom stereocenters. The van der Waals surface area contributed by atoms with Crippen LogP contribution in [0.15, 0.2) is 30.3 Å². The lowest BCUT2D eigenvalue weighted by Gasteiger charge is -2.39. The van der Waals surface area contributed by atoms with Crippen LogP contribution >= 0.6 is 0 Å². The molecule has 0 saturated carbocycles. The van der Waals surface area contributed by atoms with Gasteiger partial charge in [0.2, 0.25) is 12.6 Å². The van der Waals surface area contributed by atoms with E-state index >= 15 is 0 Å². The van der Waals surface area contributed by atoms with Gasteiger partial charge < -0.3 is 79.9 Å². The molecule has 16 heteroatoms. The SMILES string of the molecule is OCC1OC(Oc2cc(O)c3c(c2)OC(c2ccc(O)c(OC4OC(CO)C(O)C(O)C4O)c2)C(O)C3)C(O)C(O)C1O. The Bertz CT molecular complexity index is 1270. The maximum Gasteiger partial charge on any atom is 0.229 e. The van der Waals surface area contributed by atoms with Crippen LogP contribution in [0, 0.1) is 0 Å². The first-order valence-corrected chi connectivity index (χ1v) is 13.4. The molecule has 12 atom stereocenters. The molecular weight excluding hydrogens is 580 g/mol. The number of aliphatic hydroxyl groups excluding tert-OH is 9. The van der Waals surface area contributed by atoms with Gasteiger partial charge in [-0.25, -0.2) is 0 Å². The van der Waals surface area contributed by atoms with E-state index in [1.807, 2.05) is 0 Å². The summed E-state index contributed by atoms with van der Waals surface area (Å²) < 4.78 is 27.8. The molecule has 5 rings (SSSR count). The van der Waals surface area contributed by atoms with Crippen molar-refractivity contribution in [2.75, 3.05) is 13.2 Å².